The van der Waals surface area contributed by atoms with Crippen molar-refractivity contribution >= 4 is 33.4 Å². The fourth-order valence-corrected chi connectivity index (χ4v) is 6.12. The molecule has 0 atom stereocenters. The third-order valence-electron chi connectivity index (χ3n) is 7.89. The molecule has 0 amide bonds. The molecule has 1 heterocycles. The number of hydrogen-bond acceptors (Lipinski definition) is 4. The van der Waals surface area contributed by atoms with E-state index in [1.54, 1.807) is 18.3 Å². The Morgan fingerprint density at radius 2 is 1.46 bits per heavy atom. The minimum atomic E-state index is -0.312. The SMILES string of the molecule is CC1(C)c2ccccc2-c2ccc(O)c(-c3nc(C=Nc4cccc5cccc(O)c45)cc4ccccc34)c21. The molecule has 0 aliphatic heterocycles. The van der Waals surface area contributed by atoms with Crippen LogP contribution in [0.3, 0.4) is 0 Å². The third-order valence-corrected chi connectivity index (χ3v) is 7.89. The van der Waals surface area contributed by atoms with Gasteiger partial charge in [0.15, 0.2) is 0 Å². The van der Waals surface area contributed by atoms with Gasteiger partial charge in [0.2, 0.25) is 0 Å². The van der Waals surface area contributed by atoms with Gasteiger partial charge in [0, 0.05) is 21.8 Å². The Bertz CT molecular complexity index is 1970. The zero-order chi connectivity index (χ0) is 26.7. The van der Waals surface area contributed by atoms with Crippen molar-refractivity contribution in [2.75, 3.05) is 0 Å². The molecule has 39 heavy (non-hydrogen) atoms. The first-order valence-corrected chi connectivity index (χ1v) is 13.0. The number of aliphatic imine (C=N–C) groups is 1. The highest BCUT2D eigenvalue weighted by molar-refractivity contribution is 6.03. The van der Waals surface area contributed by atoms with Crippen molar-refractivity contribution < 1.29 is 10.2 Å². The van der Waals surface area contributed by atoms with Crippen molar-refractivity contribution in [1.29, 1.82) is 0 Å². The van der Waals surface area contributed by atoms with Crippen molar-refractivity contribution in [1.82, 2.24) is 4.98 Å². The fraction of sp³-hybridized carbons (Fsp3) is 0.0857. The van der Waals surface area contributed by atoms with Crippen LogP contribution in [-0.2, 0) is 5.41 Å². The highest BCUT2D eigenvalue weighted by Crippen LogP contribution is 2.54. The summed E-state index contributed by atoms with van der Waals surface area (Å²) >= 11 is 0. The minimum Gasteiger partial charge on any atom is -0.507 e. The molecule has 0 unspecified atom stereocenters. The molecule has 4 nitrogen and oxygen atoms in total. The molecular formula is C35H26N2O2. The number of phenolic OH excluding ortho intramolecular Hbond substituents is 2. The molecule has 2 N–H and O–H groups in total. The first-order chi connectivity index (χ1) is 18.9. The Morgan fingerprint density at radius 1 is 0.718 bits per heavy atom. The van der Waals surface area contributed by atoms with E-state index < -0.39 is 0 Å². The number of benzene rings is 5. The fourth-order valence-electron chi connectivity index (χ4n) is 6.12. The molecule has 1 aromatic heterocycles. The maximum Gasteiger partial charge on any atom is 0.125 e. The average molecular weight is 507 g/mol. The Morgan fingerprint density at radius 3 is 2.33 bits per heavy atom. The second kappa shape index (κ2) is 8.53. The van der Waals surface area contributed by atoms with Crippen LogP contribution in [0, 0.1) is 0 Å². The number of aromatic nitrogens is 1. The van der Waals surface area contributed by atoms with Crippen LogP contribution in [0.15, 0.2) is 108 Å². The van der Waals surface area contributed by atoms with Gasteiger partial charge in [0.1, 0.15) is 11.5 Å². The van der Waals surface area contributed by atoms with E-state index in [4.69, 9.17) is 9.98 Å². The maximum absolute atomic E-state index is 11.3. The smallest absolute Gasteiger partial charge is 0.125 e. The molecular weight excluding hydrogens is 480 g/mol. The van der Waals surface area contributed by atoms with Crippen molar-refractivity contribution in [2.45, 2.75) is 19.3 Å². The quantitative estimate of drug-likeness (QED) is 0.236. The predicted octanol–water partition coefficient (Wildman–Crippen LogP) is 8.52. The van der Waals surface area contributed by atoms with E-state index in [9.17, 15) is 10.2 Å². The summed E-state index contributed by atoms with van der Waals surface area (Å²) in [4.78, 5) is 9.84. The van der Waals surface area contributed by atoms with Crippen LogP contribution in [0.5, 0.6) is 11.5 Å². The second-order valence-electron chi connectivity index (χ2n) is 10.6. The summed E-state index contributed by atoms with van der Waals surface area (Å²) in [5, 5.41) is 25.5. The molecule has 6 aromatic rings. The molecule has 4 heteroatoms. The van der Waals surface area contributed by atoms with Crippen molar-refractivity contribution in [2.24, 2.45) is 4.99 Å². The first kappa shape index (κ1) is 23.2. The minimum absolute atomic E-state index is 0.193. The number of hydrogen-bond donors (Lipinski definition) is 2. The Balaban J connectivity index is 1.46. The topological polar surface area (TPSA) is 65.7 Å². The van der Waals surface area contributed by atoms with E-state index in [0.29, 0.717) is 16.8 Å². The zero-order valence-electron chi connectivity index (χ0n) is 21.7. The number of pyridine rings is 1. The van der Waals surface area contributed by atoms with Crippen molar-refractivity contribution in [3.05, 3.63) is 120 Å². The van der Waals surface area contributed by atoms with Crippen LogP contribution in [0.1, 0.15) is 30.7 Å². The van der Waals surface area contributed by atoms with E-state index in [1.807, 2.05) is 54.6 Å². The van der Waals surface area contributed by atoms with Gasteiger partial charge < -0.3 is 10.2 Å². The number of nitrogens with zero attached hydrogens (tertiary/aromatic N) is 2. The normalized spacial score (nSPS) is 13.7. The molecule has 7 rings (SSSR count). The summed E-state index contributed by atoms with van der Waals surface area (Å²) in [5.74, 6) is 0.402. The van der Waals surface area contributed by atoms with E-state index in [2.05, 4.69) is 50.2 Å². The molecule has 188 valence electrons. The largest absolute Gasteiger partial charge is 0.507 e. The summed E-state index contributed by atoms with van der Waals surface area (Å²) in [7, 11) is 0. The lowest BCUT2D eigenvalue weighted by molar-refractivity contribution is 0.475. The van der Waals surface area contributed by atoms with Crippen LogP contribution in [0.25, 0.3) is 43.9 Å². The average Bonchev–Trinajstić information content (AvgIpc) is 3.18. The third kappa shape index (κ3) is 3.52. The summed E-state index contributed by atoms with van der Waals surface area (Å²) in [6, 6.07) is 33.6. The summed E-state index contributed by atoms with van der Waals surface area (Å²) in [6.45, 7) is 4.42. The predicted molar refractivity (Wildman–Crippen MR) is 159 cm³/mol. The van der Waals surface area contributed by atoms with Gasteiger partial charge in [-0.25, -0.2) is 4.98 Å². The zero-order valence-corrected chi connectivity index (χ0v) is 21.7. The lowest BCUT2D eigenvalue weighted by Gasteiger charge is -2.25. The number of fused-ring (bicyclic) bond motifs is 5. The first-order valence-electron chi connectivity index (χ1n) is 13.0. The highest BCUT2D eigenvalue weighted by Gasteiger charge is 2.39. The van der Waals surface area contributed by atoms with Crippen LogP contribution in [0.4, 0.5) is 5.69 Å². The van der Waals surface area contributed by atoms with Crippen LogP contribution >= 0.6 is 0 Å². The van der Waals surface area contributed by atoms with Gasteiger partial charge in [-0.05, 0) is 57.3 Å². The summed E-state index contributed by atoms with van der Waals surface area (Å²) in [5.41, 5.74) is 7.14. The Kier molecular flexibility index (Phi) is 5.07. The number of phenols is 2. The van der Waals surface area contributed by atoms with Gasteiger partial charge >= 0.3 is 0 Å². The molecule has 1 aliphatic rings. The van der Waals surface area contributed by atoms with E-state index in [-0.39, 0.29) is 16.9 Å². The van der Waals surface area contributed by atoms with Crippen LogP contribution < -0.4 is 0 Å². The lowest BCUT2D eigenvalue weighted by Crippen LogP contribution is -2.16. The molecule has 0 spiro atoms. The van der Waals surface area contributed by atoms with Gasteiger partial charge in [-0.3, -0.25) is 4.99 Å². The lowest BCUT2D eigenvalue weighted by atomic mass is 9.79. The highest BCUT2D eigenvalue weighted by atomic mass is 16.3. The monoisotopic (exact) mass is 506 g/mol. The molecule has 0 saturated heterocycles. The van der Waals surface area contributed by atoms with Gasteiger partial charge in [-0.1, -0.05) is 92.7 Å². The standard InChI is InChI=1S/C35H26N2O2/c1-35(2)27-14-6-5-13-25(27)26-17-18-30(39)32(33(26)35)34-24-12-4-3-9-22(24)19-23(37-34)20-36-28-15-7-10-21-11-8-16-29(38)31(21)28/h3-20,38-39H,1-2H3. The van der Waals surface area contributed by atoms with Crippen LogP contribution in [0.2, 0.25) is 0 Å². The Labute approximate surface area is 226 Å². The van der Waals surface area contributed by atoms with Crippen molar-refractivity contribution in [3.63, 3.8) is 0 Å². The van der Waals surface area contributed by atoms with E-state index in [1.165, 1.54) is 11.1 Å². The molecule has 0 radical (unpaired) electrons. The van der Waals surface area contributed by atoms with E-state index in [0.717, 1.165) is 38.5 Å². The molecule has 1 aliphatic carbocycles. The number of aromatic hydroxyl groups is 2. The second-order valence-corrected chi connectivity index (χ2v) is 10.6. The van der Waals surface area contributed by atoms with Gasteiger partial charge in [-0.15, -0.1) is 0 Å². The van der Waals surface area contributed by atoms with Crippen molar-refractivity contribution in [3.8, 4) is 33.9 Å². The maximum atomic E-state index is 11.3. The molecule has 5 aromatic carbocycles. The van der Waals surface area contributed by atoms with Gasteiger partial charge in [0.05, 0.1) is 23.3 Å². The van der Waals surface area contributed by atoms with Crippen LogP contribution in [-0.4, -0.2) is 21.4 Å². The molecule has 0 bridgehead atoms. The summed E-state index contributed by atoms with van der Waals surface area (Å²) < 4.78 is 0. The van der Waals surface area contributed by atoms with E-state index >= 15 is 0 Å². The summed E-state index contributed by atoms with van der Waals surface area (Å²) in [6.07, 6.45) is 1.73. The number of rotatable bonds is 3. The Hall–Kier alpha value is -4.96. The van der Waals surface area contributed by atoms with Gasteiger partial charge in [-0.2, -0.15) is 0 Å². The molecule has 0 saturated carbocycles. The molecule has 0 fully saturated rings. The van der Waals surface area contributed by atoms with Gasteiger partial charge in [0.25, 0.3) is 0 Å².